The zero-order valence-corrected chi connectivity index (χ0v) is 20.4. The fourth-order valence-corrected chi connectivity index (χ4v) is 3.64. The molecule has 2 N–H and O–H groups in total. The molecule has 188 valence electrons. The van der Waals surface area contributed by atoms with Crippen LogP contribution < -0.4 is 10.1 Å². The second kappa shape index (κ2) is 11.9. The van der Waals surface area contributed by atoms with Crippen molar-refractivity contribution in [1.82, 2.24) is 5.32 Å². The van der Waals surface area contributed by atoms with Gasteiger partial charge in [0.1, 0.15) is 27.2 Å². The summed E-state index contributed by atoms with van der Waals surface area (Å²) in [6, 6.07) is 11.2. The van der Waals surface area contributed by atoms with Crippen LogP contribution in [0.5, 0.6) is 5.75 Å². The molecule has 0 heterocycles. The third-order valence-corrected chi connectivity index (χ3v) is 6.02. The summed E-state index contributed by atoms with van der Waals surface area (Å²) in [5.41, 5.74) is -1.30. The molecule has 2 rings (SSSR count). The van der Waals surface area contributed by atoms with Gasteiger partial charge in [-0.15, -0.1) is 0 Å². The largest absolute Gasteiger partial charge is 0.494 e. The number of halogens is 2. The Kier molecular flexibility index (Phi) is 9.51. The van der Waals surface area contributed by atoms with Crippen LogP contribution in [0.1, 0.15) is 41.8 Å². The van der Waals surface area contributed by atoms with E-state index in [2.05, 4.69) is 17.2 Å². The average molecular weight is 508 g/mol. The highest BCUT2D eigenvalue weighted by atomic mass is 32.2. The van der Waals surface area contributed by atoms with Crippen molar-refractivity contribution in [3.8, 4) is 17.6 Å². The second-order valence-corrected chi connectivity index (χ2v) is 10.5. The van der Waals surface area contributed by atoms with Gasteiger partial charge in [-0.05, 0) is 68.8 Å². The Morgan fingerprint density at radius 2 is 1.57 bits per heavy atom. The van der Waals surface area contributed by atoms with E-state index in [-0.39, 0.29) is 17.9 Å². The average Bonchev–Trinajstić information content (AvgIpc) is 2.78. The number of benzene rings is 2. The van der Waals surface area contributed by atoms with Crippen molar-refractivity contribution in [1.29, 1.82) is 0 Å². The van der Waals surface area contributed by atoms with E-state index in [4.69, 9.17) is 4.74 Å². The summed E-state index contributed by atoms with van der Waals surface area (Å²) in [5, 5.41) is 12.1. The third kappa shape index (κ3) is 8.77. The Balaban J connectivity index is 1.99. The molecule has 0 saturated carbocycles. The van der Waals surface area contributed by atoms with Crippen LogP contribution in [-0.4, -0.2) is 61.9 Å². The summed E-state index contributed by atoms with van der Waals surface area (Å²) in [5.74, 6) is 4.97. The standard InChI is InChI=1S/C25H27F2NO6S/c1-17(29)22(25(2,31)24(26)27)28-23(30)20-11-7-18(8-12-20)5-6-19-9-13-21(14-10-19)34-15-4-16-35(3,32)33/h7-14,22,24,31H,4,15-16H2,1-3H3,(H,28,30)/t22-,25+/m1/s1. The molecule has 2 atom stereocenters. The number of nitrogens with one attached hydrogen (secondary N) is 1. The molecule has 0 unspecified atom stereocenters. The van der Waals surface area contributed by atoms with Gasteiger partial charge in [-0.1, -0.05) is 11.8 Å². The summed E-state index contributed by atoms with van der Waals surface area (Å²) < 4.78 is 53.9. The first-order chi connectivity index (χ1) is 16.3. The van der Waals surface area contributed by atoms with Gasteiger partial charge in [0.05, 0.1) is 12.4 Å². The summed E-state index contributed by atoms with van der Waals surface area (Å²) in [4.78, 5) is 24.1. The molecule has 0 saturated heterocycles. The van der Waals surface area contributed by atoms with Gasteiger partial charge in [0.25, 0.3) is 12.3 Å². The minimum atomic E-state index is -3.23. The summed E-state index contributed by atoms with van der Waals surface area (Å²) in [6.45, 7) is 2.09. The molecule has 2 aromatic rings. The van der Waals surface area contributed by atoms with Gasteiger partial charge >= 0.3 is 0 Å². The van der Waals surface area contributed by atoms with E-state index in [9.17, 15) is 31.9 Å². The van der Waals surface area contributed by atoms with Crippen molar-refractivity contribution < 1.29 is 36.6 Å². The smallest absolute Gasteiger partial charge is 0.269 e. The molecular formula is C25H27F2NO6S. The minimum Gasteiger partial charge on any atom is -0.494 e. The number of hydrogen-bond acceptors (Lipinski definition) is 6. The van der Waals surface area contributed by atoms with Gasteiger partial charge in [-0.3, -0.25) is 9.59 Å². The molecule has 0 fully saturated rings. The topological polar surface area (TPSA) is 110 Å². The van der Waals surface area contributed by atoms with E-state index in [1.807, 2.05) is 0 Å². The van der Waals surface area contributed by atoms with Crippen LogP contribution in [-0.2, 0) is 14.6 Å². The predicted molar refractivity (Wildman–Crippen MR) is 127 cm³/mol. The highest BCUT2D eigenvalue weighted by molar-refractivity contribution is 7.90. The molecule has 0 spiro atoms. The zero-order valence-electron chi connectivity index (χ0n) is 19.5. The zero-order chi connectivity index (χ0) is 26.2. The number of aliphatic hydroxyl groups is 1. The van der Waals surface area contributed by atoms with Crippen molar-refractivity contribution in [2.45, 2.75) is 38.3 Å². The van der Waals surface area contributed by atoms with E-state index in [1.54, 1.807) is 36.4 Å². The number of amides is 1. The van der Waals surface area contributed by atoms with Gasteiger partial charge < -0.3 is 15.2 Å². The van der Waals surface area contributed by atoms with Crippen LogP contribution in [0.3, 0.4) is 0 Å². The van der Waals surface area contributed by atoms with Gasteiger partial charge in [0, 0.05) is 22.9 Å². The molecule has 0 aliphatic heterocycles. The van der Waals surface area contributed by atoms with Gasteiger partial charge in [0.2, 0.25) is 0 Å². The highest BCUT2D eigenvalue weighted by Crippen LogP contribution is 2.21. The number of rotatable bonds is 10. The number of carbonyl (C=O) groups is 2. The molecule has 0 aliphatic carbocycles. The number of ether oxygens (including phenoxy) is 1. The number of Topliss-reactive ketones (excluding diaryl/α,β-unsaturated/α-hetero) is 1. The van der Waals surface area contributed by atoms with Crippen molar-refractivity contribution in [2.75, 3.05) is 18.6 Å². The van der Waals surface area contributed by atoms with Crippen molar-refractivity contribution >= 4 is 21.5 Å². The quantitative estimate of drug-likeness (QED) is 0.378. The van der Waals surface area contributed by atoms with Crippen molar-refractivity contribution in [3.05, 3.63) is 65.2 Å². The molecular weight excluding hydrogens is 480 g/mol. The van der Waals surface area contributed by atoms with Crippen LogP contribution in [0, 0.1) is 11.8 Å². The molecule has 35 heavy (non-hydrogen) atoms. The summed E-state index contributed by atoms with van der Waals surface area (Å²) >= 11 is 0. The van der Waals surface area contributed by atoms with Crippen molar-refractivity contribution in [3.63, 3.8) is 0 Å². The molecule has 7 nitrogen and oxygen atoms in total. The second-order valence-electron chi connectivity index (χ2n) is 8.23. The van der Waals surface area contributed by atoms with E-state index >= 15 is 0 Å². The van der Waals surface area contributed by atoms with Crippen LogP contribution in [0.4, 0.5) is 8.78 Å². The molecule has 1 amide bonds. The van der Waals surface area contributed by atoms with Crippen molar-refractivity contribution in [2.24, 2.45) is 0 Å². The number of sulfone groups is 1. The lowest BCUT2D eigenvalue weighted by Gasteiger charge is -2.30. The van der Waals surface area contributed by atoms with E-state index in [0.717, 1.165) is 13.8 Å². The molecule has 0 radical (unpaired) electrons. The lowest BCUT2D eigenvalue weighted by Crippen LogP contribution is -2.58. The van der Waals surface area contributed by atoms with E-state index in [0.29, 0.717) is 23.3 Å². The van der Waals surface area contributed by atoms with Crippen LogP contribution in [0.15, 0.2) is 48.5 Å². The number of hydrogen-bond donors (Lipinski definition) is 2. The molecule has 2 aromatic carbocycles. The van der Waals surface area contributed by atoms with Gasteiger partial charge in [0.15, 0.2) is 5.78 Å². The summed E-state index contributed by atoms with van der Waals surface area (Å²) in [7, 11) is -3.02. The Bertz CT molecular complexity index is 1200. The van der Waals surface area contributed by atoms with Gasteiger partial charge in [-0.25, -0.2) is 17.2 Å². The summed E-state index contributed by atoms with van der Waals surface area (Å²) in [6.07, 6.45) is -1.65. The lowest BCUT2D eigenvalue weighted by molar-refractivity contribution is -0.138. The first kappa shape index (κ1) is 28.0. The maximum atomic E-state index is 13.1. The SMILES string of the molecule is CC(=O)[C@@H](NC(=O)c1ccc(C#Cc2ccc(OCCCS(C)(=O)=O)cc2)cc1)[C@](C)(O)C(F)F. The monoisotopic (exact) mass is 507 g/mol. The first-order valence-electron chi connectivity index (χ1n) is 10.6. The maximum absolute atomic E-state index is 13.1. The minimum absolute atomic E-state index is 0.0604. The van der Waals surface area contributed by atoms with Crippen LogP contribution >= 0.6 is 0 Å². The van der Waals surface area contributed by atoms with E-state index in [1.165, 1.54) is 18.4 Å². The molecule has 0 aliphatic rings. The van der Waals surface area contributed by atoms with Gasteiger partial charge in [-0.2, -0.15) is 0 Å². The molecule has 0 bridgehead atoms. The Morgan fingerprint density at radius 3 is 2.03 bits per heavy atom. The Hall–Kier alpha value is -3.29. The fourth-order valence-electron chi connectivity index (χ4n) is 2.99. The molecule has 10 heteroatoms. The maximum Gasteiger partial charge on any atom is 0.269 e. The third-order valence-electron chi connectivity index (χ3n) is 4.99. The predicted octanol–water partition coefficient (Wildman–Crippen LogP) is 2.60. The lowest BCUT2D eigenvalue weighted by atomic mass is 9.93. The first-order valence-corrected chi connectivity index (χ1v) is 12.7. The van der Waals surface area contributed by atoms with Crippen LogP contribution in [0.25, 0.3) is 0 Å². The normalized spacial score (nSPS) is 13.8. The van der Waals surface area contributed by atoms with E-state index < -0.39 is 39.6 Å². The number of ketones is 1. The fraction of sp³-hybridized carbons (Fsp3) is 0.360. The van der Waals surface area contributed by atoms with Crippen LogP contribution in [0.2, 0.25) is 0 Å². The molecule has 0 aromatic heterocycles. The number of carbonyl (C=O) groups excluding carboxylic acids is 2. The Morgan fingerprint density at radius 1 is 1.06 bits per heavy atom. The Labute approximate surface area is 203 Å². The number of alkyl halides is 2. The highest BCUT2D eigenvalue weighted by Gasteiger charge is 2.44.